The van der Waals surface area contributed by atoms with Crippen molar-refractivity contribution in [2.24, 2.45) is 0 Å². The summed E-state index contributed by atoms with van der Waals surface area (Å²) < 4.78 is 84.3. The smallest absolute Gasteiger partial charge is 0.418 e. The number of fused-ring (bicyclic) bond motifs is 3. The van der Waals surface area contributed by atoms with Gasteiger partial charge < -0.3 is 25.4 Å². The molecule has 0 saturated carbocycles. The summed E-state index contributed by atoms with van der Waals surface area (Å²) >= 11 is 0. The van der Waals surface area contributed by atoms with Crippen molar-refractivity contribution in [1.29, 1.82) is 0 Å². The van der Waals surface area contributed by atoms with Gasteiger partial charge in [-0.05, 0) is 39.3 Å². The number of halogens is 5. The van der Waals surface area contributed by atoms with E-state index in [1.54, 1.807) is 0 Å². The highest BCUT2D eigenvalue weighted by atomic mass is 19.4. The Balaban J connectivity index is 1.38. The Kier molecular flexibility index (Phi) is 7.66. The zero-order valence-electron chi connectivity index (χ0n) is 23.4. The van der Waals surface area contributed by atoms with E-state index < -0.39 is 46.6 Å². The van der Waals surface area contributed by atoms with E-state index in [-0.39, 0.29) is 31.7 Å². The van der Waals surface area contributed by atoms with Crippen LogP contribution in [0.2, 0.25) is 0 Å². The van der Waals surface area contributed by atoms with E-state index >= 15 is 4.39 Å². The molecule has 0 amide bonds. The van der Waals surface area contributed by atoms with E-state index in [4.69, 9.17) is 20.2 Å². The Bertz CT molecular complexity index is 1410. The van der Waals surface area contributed by atoms with Crippen LogP contribution in [0, 0.1) is 17.7 Å². The molecule has 0 aliphatic carbocycles. The number of nitrogens with one attached hydrogen (secondary N) is 1. The largest absolute Gasteiger partial charge is 0.462 e. The summed E-state index contributed by atoms with van der Waals surface area (Å²) in [5.41, 5.74) is 4.11. The summed E-state index contributed by atoms with van der Waals surface area (Å²) in [5.74, 6) is 4.27. The van der Waals surface area contributed by atoms with Crippen molar-refractivity contribution in [1.82, 2.24) is 20.2 Å². The Labute approximate surface area is 240 Å². The first kappa shape index (κ1) is 28.9. The lowest BCUT2D eigenvalue weighted by atomic mass is 9.90. The number of hydrogen-bond donors (Lipinski definition) is 2. The van der Waals surface area contributed by atoms with E-state index in [0.717, 1.165) is 18.9 Å². The van der Waals surface area contributed by atoms with Crippen LogP contribution in [0.4, 0.5) is 33.5 Å². The topological polar surface area (TPSA) is 88.8 Å². The number of nitrogens with two attached hydrogens (primary N) is 1. The second-order valence-corrected chi connectivity index (χ2v) is 11.5. The molecule has 3 N–H and O–H groups in total. The van der Waals surface area contributed by atoms with Crippen LogP contribution in [0.1, 0.15) is 60.2 Å². The molecule has 226 valence electrons. The fourth-order valence-corrected chi connectivity index (χ4v) is 6.63. The van der Waals surface area contributed by atoms with Crippen LogP contribution < -0.4 is 20.7 Å². The number of hydrogen-bond acceptors (Lipinski definition) is 8. The first-order valence-corrected chi connectivity index (χ1v) is 14.1. The van der Waals surface area contributed by atoms with Crippen molar-refractivity contribution in [3.8, 4) is 17.9 Å². The van der Waals surface area contributed by atoms with Gasteiger partial charge in [-0.15, -0.1) is 5.92 Å². The summed E-state index contributed by atoms with van der Waals surface area (Å²) in [7, 11) is 1.82. The number of benzene rings is 1. The summed E-state index contributed by atoms with van der Waals surface area (Å²) in [5, 5.41) is 3.57. The minimum Gasteiger partial charge on any atom is -0.462 e. The molecule has 8 nitrogen and oxygen atoms in total. The zero-order valence-corrected chi connectivity index (χ0v) is 23.4. The van der Waals surface area contributed by atoms with Crippen LogP contribution in [0.25, 0.3) is 0 Å². The minimum atomic E-state index is -4.90. The lowest BCUT2D eigenvalue weighted by Crippen LogP contribution is -2.51. The van der Waals surface area contributed by atoms with Crippen LogP contribution in [0.5, 0.6) is 6.01 Å². The molecule has 2 bridgehead atoms. The van der Waals surface area contributed by atoms with Crippen LogP contribution in [0.3, 0.4) is 0 Å². The molecule has 4 aliphatic heterocycles. The minimum absolute atomic E-state index is 0.0487. The van der Waals surface area contributed by atoms with Crippen LogP contribution in [0.15, 0.2) is 6.07 Å². The number of ether oxygens (including phenoxy) is 2. The molecule has 6 rings (SSSR count). The van der Waals surface area contributed by atoms with Gasteiger partial charge in [0.1, 0.15) is 18.6 Å². The number of anilines is 2. The lowest BCUT2D eigenvalue weighted by Gasteiger charge is -2.36. The number of nitrogens with zero attached hydrogens (tertiary/aromatic N) is 4. The number of nitrogen functional groups attached to an aromatic ring is 1. The SMILES string of the molecule is CC#Cc1cc(N)c(F)c(C2Cc3nc(OCC4CC(F)CN4C)nc(N4CC5CCC(C4)N5)c3CO2)c1C(F)(F)F. The van der Waals surface area contributed by atoms with Crippen molar-refractivity contribution >= 4 is 11.5 Å². The number of likely N-dealkylation sites (tertiary alicyclic amines) is 1. The zero-order chi connectivity index (χ0) is 29.8. The second kappa shape index (κ2) is 11.1. The molecular formula is C29H33F5N6O2. The van der Waals surface area contributed by atoms with Crippen LogP contribution in [-0.2, 0) is 23.9 Å². The van der Waals surface area contributed by atoms with Gasteiger partial charge in [0.25, 0.3) is 0 Å². The fraction of sp³-hybridized carbons (Fsp3) is 0.586. The molecule has 1 aromatic heterocycles. The maximum Gasteiger partial charge on any atom is 0.418 e. The van der Waals surface area contributed by atoms with E-state index in [2.05, 4.69) is 27.0 Å². The Morgan fingerprint density at radius 1 is 1.19 bits per heavy atom. The highest BCUT2D eigenvalue weighted by Gasteiger charge is 2.43. The molecule has 5 unspecified atom stereocenters. The van der Waals surface area contributed by atoms with Crippen LogP contribution in [-0.4, -0.2) is 72.5 Å². The quantitative estimate of drug-likeness (QED) is 0.309. The Morgan fingerprint density at radius 3 is 2.57 bits per heavy atom. The molecule has 2 aromatic rings. The van der Waals surface area contributed by atoms with Gasteiger partial charge >= 0.3 is 12.2 Å². The molecule has 1 aromatic carbocycles. The maximum atomic E-state index is 15.4. The Hall–Kier alpha value is -3.21. The molecule has 42 heavy (non-hydrogen) atoms. The fourth-order valence-electron chi connectivity index (χ4n) is 6.63. The van der Waals surface area contributed by atoms with Crippen molar-refractivity contribution < 1.29 is 31.4 Å². The molecule has 3 fully saturated rings. The standard InChI is InChI=1S/C29H33F5N6O2/c1-3-4-15-7-21(35)26(31)24(25(15)29(32,33)34)23-9-22-20(14-41-23)27(40-11-17-5-6-18(12-40)36-17)38-28(37-22)42-13-19-8-16(30)10-39(19)2/h7,16-19,23,36H,5-6,8-14,35H2,1-2H3. The molecule has 0 radical (unpaired) electrons. The second-order valence-electron chi connectivity index (χ2n) is 11.5. The lowest BCUT2D eigenvalue weighted by molar-refractivity contribution is -0.140. The molecular weight excluding hydrogens is 559 g/mol. The van der Waals surface area contributed by atoms with Crippen LogP contribution >= 0.6 is 0 Å². The predicted molar refractivity (Wildman–Crippen MR) is 145 cm³/mol. The molecule has 5 heterocycles. The highest BCUT2D eigenvalue weighted by molar-refractivity contribution is 5.59. The Morgan fingerprint density at radius 2 is 1.93 bits per heavy atom. The number of alkyl halides is 4. The predicted octanol–water partition coefficient (Wildman–Crippen LogP) is 3.76. The van der Waals surface area contributed by atoms with Gasteiger partial charge in [0.05, 0.1) is 29.7 Å². The number of rotatable bonds is 5. The van der Waals surface area contributed by atoms with Gasteiger partial charge in [-0.2, -0.15) is 23.1 Å². The first-order valence-electron chi connectivity index (χ1n) is 14.1. The van der Waals surface area contributed by atoms with Crippen molar-refractivity contribution in [3.63, 3.8) is 0 Å². The third-order valence-electron chi connectivity index (χ3n) is 8.61. The molecule has 5 atom stereocenters. The average molecular weight is 593 g/mol. The molecule has 3 saturated heterocycles. The van der Waals surface area contributed by atoms with E-state index in [1.165, 1.54) is 6.92 Å². The molecule has 0 spiro atoms. The summed E-state index contributed by atoms with van der Waals surface area (Å²) in [6.07, 6.45) is -4.94. The van der Waals surface area contributed by atoms with E-state index in [9.17, 15) is 17.6 Å². The summed E-state index contributed by atoms with van der Waals surface area (Å²) in [6, 6.07) is 1.37. The van der Waals surface area contributed by atoms with E-state index in [1.807, 2.05) is 11.9 Å². The molecule has 4 aliphatic rings. The maximum absolute atomic E-state index is 15.4. The van der Waals surface area contributed by atoms with Gasteiger partial charge in [0, 0.05) is 60.9 Å². The molecule has 13 heteroatoms. The van der Waals surface area contributed by atoms with Crippen molar-refractivity contribution in [3.05, 3.63) is 39.8 Å². The van der Waals surface area contributed by atoms with Crippen molar-refractivity contribution in [2.75, 3.05) is 43.9 Å². The summed E-state index contributed by atoms with van der Waals surface area (Å²) in [4.78, 5) is 13.3. The van der Waals surface area contributed by atoms with Gasteiger partial charge in [0.15, 0.2) is 5.82 Å². The number of likely N-dealkylation sites (N-methyl/N-ethyl adjacent to an activating group) is 1. The normalized spacial score (nSPS) is 27.5. The van der Waals surface area contributed by atoms with Gasteiger partial charge in [-0.1, -0.05) is 5.92 Å². The number of piperazine rings is 1. The monoisotopic (exact) mass is 592 g/mol. The van der Waals surface area contributed by atoms with Gasteiger partial charge in [-0.3, -0.25) is 4.90 Å². The van der Waals surface area contributed by atoms with Gasteiger partial charge in [-0.25, -0.2) is 8.78 Å². The summed E-state index contributed by atoms with van der Waals surface area (Å²) in [6.45, 7) is 3.13. The van der Waals surface area contributed by atoms with Crippen molar-refractivity contribution in [2.45, 2.75) is 75.8 Å². The number of aromatic nitrogens is 2. The average Bonchev–Trinajstić information content (AvgIpc) is 3.45. The van der Waals surface area contributed by atoms with E-state index in [0.29, 0.717) is 55.2 Å². The third-order valence-corrected chi connectivity index (χ3v) is 8.61. The third kappa shape index (κ3) is 5.47. The van der Waals surface area contributed by atoms with Gasteiger partial charge in [0.2, 0.25) is 0 Å². The first-order chi connectivity index (χ1) is 20.0. The highest BCUT2D eigenvalue weighted by Crippen LogP contribution is 2.44.